The van der Waals surface area contributed by atoms with Crippen molar-refractivity contribution in [2.24, 2.45) is 30.0 Å². The van der Waals surface area contributed by atoms with E-state index < -0.39 is 29.0 Å². The molecular weight excluding hydrogens is 1600 g/mol. The van der Waals surface area contributed by atoms with E-state index in [1.807, 2.05) is 151 Å². The van der Waals surface area contributed by atoms with E-state index in [2.05, 4.69) is 205 Å². The van der Waals surface area contributed by atoms with Crippen LogP contribution in [0, 0.1) is 0 Å². The first-order valence-electron chi connectivity index (χ1n) is 34.3. The molecular formula is C81H72B4F16Mn2N12. The Balaban J connectivity index is 0.000000321. The molecule has 0 aliphatic heterocycles. The number of rotatable bonds is 18. The fourth-order valence-electron chi connectivity index (χ4n) is 9.80. The Morgan fingerprint density at radius 1 is 0.200 bits per heavy atom. The van der Waals surface area contributed by atoms with Crippen LogP contribution in [0.15, 0.2) is 322 Å². The van der Waals surface area contributed by atoms with Gasteiger partial charge in [0.1, 0.15) is 0 Å². The van der Waals surface area contributed by atoms with Crippen LogP contribution in [-0.2, 0) is 53.4 Å². The maximum absolute atomic E-state index is 9.75. The van der Waals surface area contributed by atoms with Crippen LogP contribution in [0.1, 0.15) is 109 Å². The molecule has 6 aromatic heterocycles. The van der Waals surface area contributed by atoms with E-state index in [0.29, 0.717) is 0 Å². The number of nitrogens with zero attached hydrogens (tertiary/aromatic N) is 12. The Labute approximate surface area is 677 Å². The van der Waals surface area contributed by atoms with E-state index in [4.69, 9.17) is 0 Å². The molecule has 0 aliphatic carbocycles. The van der Waals surface area contributed by atoms with Gasteiger partial charge in [0.25, 0.3) is 0 Å². The summed E-state index contributed by atoms with van der Waals surface area (Å²) in [5.41, 5.74) is 23.9. The van der Waals surface area contributed by atoms with E-state index in [9.17, 15) is 69.1 Å². The van der Waals surface area contributed by atoms with Crippen LogP contribution in [-0.4, -0.2) is 93.2 Å². The molecule has 0 unspecified atom stereocenters. The van der Waals surface area contributed by atoms with Crippen LogP contribution < -0.4 is 0 Å². The third kappa shape index (κ3) is 42.2. The van der Waals surface area contributed by atoms with Crippen molar-refractivity contribution in [1.82, 2.24) is 29.9 Å². The van der Waals surface area contributed by atoms with Crippen molar-refractivity contribution >= 4 is 97.4 Å². The number of aliphatic imine (C=N–C) groups is 6. The van der Waals surface area contributed by atoms with Crippen molar-refractivity contribution in [1.29, 1.82) is 0 Å². The molecule has 0 spiro atoms. The number of halogens is 16. The van der Waals surface area contributed by atoms with Crippen LogP contribution in [0.3, 0.4) is 0 Å². The number of pyridine rings is 6. The normalized spacial score (nSPS) is 11.8. The molecule has 2 radical (unpaired) electrons. The van der Waals surface area contributed by atoms with Crippen LogP contribution >= 0.6 is 0 Å². The maximum atomic E-state index is 9.75. The molecule has 12 aromatic rings. The molecule has 115 heavy (non-hydrogen) atoms. The Morgan fingerprint density at radius 2 is 0.313 bits per heavy atom. The van der Waals surface area contributed by atoms with Crippen molar-refractivity contribution in [2.45, 2.75) is 60.8 Å². The van der Waals surface area contributed by atoms with Crippen molar-refractivity contribution in [3.05, 3.63) is 360 Å². The molecule has 0 bridgehead atoms. The first-order chi connectivity index (χ1) is 53.5. The first kappa shape index (κ1) is 95.8. The Morgan fingerprint density at radius 3 is 0.409 bits per heavy atom. The summed E-state index contributed by atoms with van der Waals surface area (Å²) >= 11 is 0. The SMILES string of the molecule is CC(=Nc1ccc(Cc2ccc(N=C(C)c3ccccn3)cc2)cc1)c1ccccn1.CC(=Nc1ccc(Cc2ccc(N=C(C)c3ccccn3)cc2)cc1)c1ccccn1.CC(=Nc1ccc(Cc2ccc(N=C(C)c3ccccn3)cc2)cc1)c1ccccn1.F[B-](F)(F)F.F[B-](F)(F)F.F[B-](F)(F)F.F[B-](F)(F)F.[Mn+2].[Mn+2]. The summed E-state index contributed by atoms with van der Waals surface area (Å²) in [6.07, 6.45) is 13.3. The summed E-state index contributed by atoms with van der Waals surface area (Å²) in [5.74, 6) is 0. The number of aromatic nitrogens is 6. The number of benzene rings is 6. The van der Waals surface area contributed by atoms with Gasteiger partial charge in [-0.1, -0.05) is 109 Å². The zero-order valence-corrected chi connectivity index (χ0v) is 64.7. The van der Waals surface area contributed by atoms with Gasteiger partial charge in [0, 0.05) is 37.2 Å². The van der Waals surface area contributed by atoms with Gasteiger partial charge in [-0.2, -0.15) is 0 Å². The maximum Gasteiger partial charge on any atom is 2.00 e. The molecule has 12 nitrogen and oxygen atoms in total. The zero-order chi connectivity index (χ0) is 82.4. The Hall–Kier alpha value is -11.6. The molecule has 6 aromatic carbocycles. The summed E-state index contributed by atoms with van der Waals surface area (Å²) in [6.45, 7) is 11.9. The predicted molar refractivity (Wildman–Crippen MR) is 424 cm³/mol. The fourth-order valence-corrected chi connectivity index (χ4v) is 9.80. The van der Waals surface area contributed by atoms with Crippen molar-refractivity contribution < 1.29 is 103 Å². The number of hydrogen-bond acceptors (Lipinski definition) is 12. The first-order valence-corrected chi connectivity index (χ1v) is 34.3. The van der Waals surface area contributed by atoms with Crippen molar-refractivity contribution in [3.63, 3.8) is 0 Å². The molecule has 0 amide bonds. The van der Waals surface area contributed by atoms with E-state index in [0.717, 1.165) is 122 Å². The van der Waals surface area contributed by atoms with E-state index in [1.54, 1.807) is 37.2 Å². The van der Waals surface area contributed by atoms with Crippen molar-refractivity contribution in [2.75, 3.05) is 0 Å². The second-order valence-electron chi connectivity index (χ2n) is 24.0. The van der Waals surface area contributed by atoms with Gasteiger partial charge in [0.05, 0.1) is 103 Å². The largest absolute Gasteiger partial charge is 2.00 e. The van der Waals surface area contributed by atoms with E-state index >= 15 is 0 Å². The van der Waals surface area contributed by atoms with E-state index in [-0.39, 0.29) is 34.1 Å². The van der Waals surface area contributed by atoms with Crippen LogP contribution in [0.4, 0.5) is 103 Å². The molecule has 6 heterocycles. The minimum absolute atomic E-state index is 0. The van der Waals surface area contributed by atoms with E-state index in [1.165, 1.54) is 33.4 Å². The minimum Gasteiger partial charge on any atom is -0.418 e. The molecule has 0 fully saturated rings. The third-order valence-electron chi connectivity index (χ3n) is 14.8. The van der Waals surface area contributed by atoms with Crippen molar-refractivity contribution in [3.8, 4) is 0 Å². The average molecular weight is 1670 g/mol. The van der Waals surface area contributed by atoms with Crippen LogP contribution in [0.25, 0.3) is 0 Å². The van der Waals surface area contributed by atoms with Gasteiger partial charge >= 0.3 is 63.2 Å². The monoisotopic (exact) mass is 1670 g/mol. The second kappa shape index (κ2) is 48.5. The van der Waals surface area contributed by atoms with Gasteiger partial charge in [-0.25, -0.2) is 0 Å². The molecule has 0 saturated carbocycles. The standard InChI is InChI=1S/3C27H24N4.4BF4.2Mn/c3*1-20(26-7-3-5-17-28-26)30-24-13-9-22(10-14-24)19-23-11-15-25(16-12-23)31-21(2)27-8-4-6-18-29-27;4*2-1(3,4)5;;/h3*3-18H,19H2,1-2H3;;;;;;/q;;;4*-1;2*+2. The Bertz CT molecular complexity index is 4170. The molecule has 0 saturated heterocycles. The molecule has 0 atom stereocenters. The van der Waals surface area contributed by atoms with Gasteiger partial charge in [-0.15, -0.1) is 0 Å². The summed E-state index contributed by atoms with van der Waals surface area (Å²) < 4.78 is 156. The smallest absolute Gasteiger partial charge is 0.418 e. The molecule has 34 heteroatoms. The van der Waals surface area contributed by atoms with Gasteiger partial charge in [-0.3, -0.25) is 59.9 Å². The quantitative estimate of drug-likeness (QED) is 0.0474. The number of hydrogen-bond donors (Lipinski definition) is 0. The summed E-state index contributed by atoms with van der Waals surface area (Å²) in [7, 11) is -24.0. The molecule has 0 N–H and O–H groups in total. The fraction of sp³-hybridized carbons (Fsp3) is 0.111. The molecule has 0 aliphatic rings. The van der Waals surface area contributed by atoms with Crippen LogP contribution in [0.5, 0.6) is 0 Å². The topological polar surface area (TPSA) is 152 Å². The van der Waals surface area contributed by atoms with Gasteiger partial charge in [0.15, 0.2) is 0 Å². The van der Waals surface area contributed by atoms with Crippen LogP contribution in [0.2, 0.25) is 0 Å². The summed E-state index contributed by atoms with van der Waals surface area (Å²) in [4.78, 5) is 54.1. The minimum atomic E-state index is -6.00. The van der Waals surface area contributed by atoms with Gasteiger partial charge < -0.3 is 69.1 Å². The second-order valence-corrected chi connectivity index (χ2v) is 24.0. The zero-order valence-electron chi connectivity index (χ0n) is 62.3. The molecule has 12 rings (SSSR count). The Kier molecular flexibility index (Phi) is 40.4. The average Bonchev–Trinajstić information content (AvgIpc) is 0.865. The summed E-state index contributed by atoms with van der Waals surface area (Å²) in [6, 6.07) is 85.3. The predicted octanol–water partition coefficient (Wildman–Crippen LogP) is 24.2. The molecule has 594 valence electrons. The van der Waals surface area contributed by atoms with Gasteiger partial charge in [0.2, 0.25) is 0 Å². The summed E-state index contributed by atoms with van der Waals surface area (Å²) in [5, 5.41) is 0. The van der Waals surface area contributed by atoms with Gasteiger partial charge in [-0.05, 0) is 240 Å². The third-order valence-corrected chi connectivity index (χ3v) is 14.8.